The first-order chi connectivity index (χ1) is 11.2. The average molecular weight is 304 g/mol. The lowest BCUT2D eigenvalue weighted by Gasteiger charge is -2.33. The molecule has 0 spiro atoms. The number of carbonyl (C=O) groups excluding carboxylic acids is 1. The first-order valence-corrected chi connectivity index (χ1v) is 7.54. The van der Waals surface area contributed by atoms with Crippen LogP contribution in [-0.4, -0.2) is 5.78 Å². The Kier molecular flexibility index (Phi) is 4.07. The Hall–Kier alpha value is -2.74. The van der Waals surface area contributed by atoms with Crippen LogP contribution in [0.3, 0.4) is 0 Å². The van der Waals surface area contributed by atoms with Gasteiger partial charge >= 0.3 is 0 Å². The van der Waals surface area contributed by atoms with Gasteiger partial charge < -0.3 is 0 Å². The number of benzene rings is 3. The number of rotatable bonds is 4. The van der Waals surface area contributed by atoms with E-state index in [2.05, 4.69) is 0 Å². The first-order valence-electron chi connectivity index (χ1n) is 7.54. The molecule has 0 aliphatic carbocycles. The van der Waals surface area contributed by atoms with E-state index in [1.807, 2.05) is 60.7 Å². The number of hydrogen-bond donors (Lipinski definition) is 0. The van der Waals surface area contributed by atoms with Gasteiger partial charge in [-0.05, 0) is 35.7 Å². The van der Waals surface area contributed by atoms with Crippen molar-refractivity contribution in [3.05, 3.63) is 107 Å². The predicted octanol–water partition coefficient (Wildman–Crippen LogP) is 4.75. The lowest BCUT2D eigenvalue weighted by Crippen LogP contribution is -2.36. The molecular formula is C21H17FO. The fraction of sp³-hybridized carbons (Fsp3) is 0.0952. The van der Waals surface area contributed by atoms with Crippen molar-refractivity contribution in [2.24, 2.45) is 0 Å². The molecule has 0 atom stereocenters. The van der Waals surface area contributed by atoms with Crippen molar-refractivity contribution < 1.29 is 9.18 Å². The van der Waals surface area contributed by atoms with E-state index in [0.717, 1.165) is 16.7 Å². The molecule has 2 heteroatoms. The second kappa shape index (κ2) is 6.17. The Labute approximate surface area is 135 Å². The van der Waals surface area contributed by atoms with Crippen molar-refractivity contribution >= 4 is 5.78 Å². The smallest absolute Gasteiger partial charge is 0.149 e. The van der Waals surface area contributed by atoms with Crippen LogP contribution in [-0.2, 0) is 10.2 Å². The summed E-state index contributed by atoms with van der Waals surface area (Å²) in [7, 11) is 0. The molecule has 0 aromatic heterocycles. The highest BCUT2D eigenvalue weighted by atomic mass is 19.1. The summed E-state index contributed by atoms with van der Waals surface area (Å²) in [6.07, 6.45) is 0. The number of Topliss-reactive ketones (excluding diaryl/α,β-unsaturated/α-hetero) is 1. The molecule has 3 aromatic carbocycles. The largest absolute Gasteiger partial charge is 0.298 e. The molecule has 0 aliphatic heterocycles. The molecule has 0 heterocycles. The molecule has 0 radical (unpaired) electrons. The van der Waals surface area contributed by atoms with Crippen molar-refractivity contribution in [1.82, 2.24) is 0 Å². The summed E-state index contributed by atoms with van der Waals surface area (Å²) in [6, 6.07) is 25.5. The summed E-state index contributed by atoms with van der Waals surface area (Å²) in [5.41, 5.74) is 1.59. The van der Waals surface area contributed by atoms with Gasteiger partial charge in [-0.15, -0.1) is 0 Å². The van der Waals surface area contributed by atoms with Crippen LogP contribution in [0.5, 0.6) is 0 Å². The predicted molar refractivity (Wildman–Crippen MR) is 89.8 cm³/mol. The minimum absolute atomic E-state index is 0.00140. The summed E-state index contributed by atoms with van der Waals surface area (Å²) in [6.45, 7) is 1.59. The molecule has 0 fully saturated rings. The third-order valence-corrected chi connectivity index (χ3v) is 4.22. The zero-order valence-electron chi connectivity index (χ0n) is 12.9. The minimum Gasteiger partial charge on any atom is -0.298 e. The second-order valence-corrected chi connectivity index (χ2v) is 5.55. The standard InChI is InChI=1S/C21H17FO/c1-16(23)21(17-8-4-2-5-9-17,18-10-6-3-7-11-18)19-12-14-20(22)15-13-19/h2-15H,1H3. The Bertz CT molecular complexity index is 753. The molecule has 0 aliphatic rings. The molecule has 0 N–H and O–H groups in total. The highest BCUT2D eigenvalue weighted by Gasteiger charge is 2.40. The van der Waals surface area contributed by atoms with E-state index in [4.69, 9.17) is 0 Å². The fourth-order valence-electron chi connectivity index (χ4n) is 3.19. The fourth-order valence-corrected chi connectivity index (χ4v) is 3.19. The van der Waals surface area contributed by atoms with Crippen LogP contribution in [0.25, 0.3) is 0 Å². The molecule has 0 bridgehead atoms. The molecule has 23 heavy (non-hydrogen) atoms. The van der Waals surface area contributed by atoms with Gasteiger partial charge in [0.1, 0.15) is 17.0 Å². The van der Waals surface area contributed by atoms with Crippen LogP contribution in [0.2, 0.25) is 0 Å². The highest BCUT2D eigenvalue weighted by Crippen LogP contribution is 2.40. The minimum atomic E-state index is -0.934. The first kappa shape index (κ1) is 15.2. The van der Waals surface area contributed by atoms with Crippen LogP contribution in [0, 0.1) is 5.82 Å². The molecule has 1 nitrogen and oxygen atoms in total. The van der Waals surface area contributed by atoms with E-state index in [9.17, 15) is 9.18 Å². The van der Waals surface area contributed by atoms with Gasteiger partial charge in [0.2, 0.25) is 0 Å². The van der Waals surface area contributed by atoms with Crippen LogP contribution in [0.15, 0.2) is 84.9 Å². The van der Waals surface area contributed by atoms with Crippen molar-refractivity contribution in [3.8, 4) is 0 Å². The summed E-state index contributed by atoms with van der Waals surface area (Å²) in [4.78, 5) is 12.9. The lowest BCUT2D eigenvalue weighted by atomic mass is 9.67. The summed E-state index contributed by atoms with van der Waals surface area (Å²) in [5, 5.41) is 0. The lowest BCUT2D eigenvalue weighted by molar-refractivity contribution is -0.119. The van der Waals surface area contributed by atoms with Gasteiger partial charge in [0.15, 0.2) is 0 Å². The Morgan fingerprint density at radius 3 is 1.48 bits per heavy atom. The van der Waals surface area contributed by atoms with Crippen LogP contribution >= 0.6 is 0 Å². The Morgan fingerprint density at radius 1 is 0.696 bits per heavy atom. The van der Waals surface area contributed by atoms with Crippen LogP contribution in [0.4, 0.5) is 4.39 Å². The average Bonchev–Trinajstić information content (AvgIpc) is 2.59. The van der Waals surface area contributed by atoms with E-state index in [0.29, 0.717) is 0 Å². The van der Waals surface area contributed by atoms with E-state index in [1.54, 1.807) is 19.1 Å². The van der Waals surface area contributed by atoms with Gasteiger partial charge in [0.25, 0.3) is 0 Å². The van der Waals surface area contributed by atoms with Crippen LogP contribution < -0.4 is 0 Å². The number of ketones is 1. The summed E-state index contributed by atoms with van der Waals surface area (Å²) >= 11 is 0. The third-order valence-electron chi connectivity index (χ3n) is 4.22. The third kappa shape index (κ3) is 2.57. The van der Waals surface area contributed by atoms with Gasteiger partial charge in [0.05, 0.1) is 0 Å². The Morgan fingerprint density at radius 2 is 1.09 bits per heavy atom. The number of halogens is 1. The summed E-state index contributed by atoms with van der Waals surface area (Å²) in [5.74, 6) is -0.311. The zero-order chi connectivity index (χ0) is 16.3. The molecule has 0 saturated heterocycles. The maximum Gasteiger partial charge on any atom is 0.149 e. The normalized spacial score (nSPS) is 11.2. The molecule has 3 aromatic rings. The number of carbonyl (C=O) groups is 1. The topological polar surface area (TPSA) is 17.1 Å². The van der Waals surface area contributed by atoms with E-state index in [-0.39, 0.29) is 11.6 Å². The zero-order valence-corrected chi connectivity index (χ0v) is 12.9. The monoisotopic (exact) mass is 304 g/mol. The van der Waals surface area contributed by atoms with Gasteiger partial charge in [-0.2, -0.15) is 0 Å². The molecule has 0 saturated carbocycles. The SMILES string of the molecule is CC(=O)C(c1ccccc1)(c1ccccc1)c1ccc(F)cc1. The van der Waals surface area contributed by atoms with Crippen molar-refractivity contribution in [2.45, 2.75) is 12.3 Å². The highest BCUT2D eigenvalue weighted by molar-refractivity contribution is 5.96. The molecule has 114 valence electrons. The Balaban J connectivity index is 2.36. The molecule has 3 rings (SSSR count). The van der Waals surface area contributed by atoms with Crippen LogP contribution in [0.1, 0.15) is 23.6 Å². The number of hydrogen-bond acceptors (Lipinski definition) is 1. The second-order valence-electron chi connectivity index (χ2n) is 5.55. The maximum absolute atomic E-state index is 13.4. The van der Waals surface area contributed by atoms with Crippen molar-refractivity contribution in [2.75, 3.05) is 0 Å². The van der Waals surface area contributed by atoms with Gasteiger partial charge in [0, 0.05) is 0 Å². The molecular weight excluding hydrogens is 287 g/mol. The van der Waals surface area contributed by atoms with E-state index < -0.39 is 5.41 Å². The van der Waals surface area contributed by atoms with Gasteiger partial charge in [-0.25, -0.2) is 4.39 Å². The quantitative estimate of drug-likeness (QED) is 0.636. The van der Waals surface area contributed by atoms with E-state index >= 15 is 0 Å². The maximum atomic E-state index is 13.4. The van der Waals surface area contributed by atoms with Gasteiger partial charge in [-0.1, -0.05) is 72.8 Å². The summed E-state index contributed by atoms with van der Waals surface area (Å²) < 4.78 is 13.4. The van der Waals surface area contributed by atoms with Crippen molar-refractivity contribution in [3.63, 3.8) is 0 Å². The molecule has 0 amide bonds. The van der Waals surface area contributed by atoms with Crippen molar-refractivity contribution in [1.29, 1.82) is 0 Å². The van der Waals surface area contributed by atoms with E-state index in [1.165, 1.54) is 12.1 Å². The molecule has 0 unspecified atom stereocenters. The van der Waals surface area contributed by atoms with Gasteiger partial charge in [-0.3, -0.25) is 4.79 Å².